The summed E-state index contributed by atoms with van der Waals surface area (Å²) in [6.45, 7) is 0.814. The molecule has 2 aliphatic heterocycles. The molecule has 30 heavy (non-hydrogen) atoms. The number of carbonyl (C=O) groups excluding carboxylic acids is 3. The topological polar surface area (TPSA) is 94.2 Å². The van der Waals surface area contributed by atoms with Crippen LogP contribution in [0.5, 0.6) is 17.2 Å². The van der Waals surface area contributed by atoms with Crippen LogP contribution >= 0.6 is 11.8 Å². The first-order chi connectivity index (χ1) is 14.5. The lowest BCUT2D eigenvalue weighted by Gasteiger charge is -2.28. The third-order valence-electron chi connectivity index (χ3n) is 4.53. The maximum Gasteiger partial charge on any atom is 0.290 e. The lowest BCUT2D eigenvalue weighted by molar-refractivity contribution is -0.115. The van der Waals surface area contributed by atoms with E-state index in [4.69, 9.17) is 14.2 Å². The normalized spacial score (nSPS) is 16.9. The van der Waals surface area contributed by atoms with E-state index in [0.717, 1.165) is 17.3 Å². The van der Waals surface area contributed by atoms with Crippen LogP contribution < -0.4 is 19.5 Å². The van der Waals surface area contributed by atoms with Crippen molar-refractivity contribution < 1.29 is 28.6 Å². The van der Waals surface area contributed by atoms with Gasteiger partial charge in [-0.2, -0.15) is 0 Å². The van der Waals surface area contributed by atoms with E-state index in [1.165, 1.54) is 0 Å². The quantitative estimate of drug-likeness (QED) is 0.710. The van der Waals surface area contributed by atoms with E-state index in [1.54, 1.807) is 60.6 Å². The Balaban J connectivity index is 1.32. The molecule has 0 aliphatic carbocycles. The van der Waals surface area contributed by atoms with E-state index in [0.29, 0.717) is 40.9 Å². The minimum atomic E-state index is -0.391. The van der Waals surface area contributed by atoms with Crippen molar-refractivity contribution in [1.82, 2.24) is 10.2 Å². The summed E-state index contributed by atoms with van der Waals surface area (Å²) >= 11 is 0.873. The highest BCUT2D eigenvalue weighted by Crippen LogP contribution is 2.29. The van der Waals surface area contributed by atoms with Gasteiger partial charge in [0.2, 0.25) is 0 Å². The smallest absolute Gasteiger partial charge is 0.290 e. The van der Waals surface area contributed by atoms with E-state index < -0.39 is 5.91 Å². The van der Waals surface area contributed by atoms with Crippen molar-refractivity contribution in [1.29, 1.82) is 0 Å². The number of amides is 3. The van der Waals surface area contributed by atoms with Crippen molar-refractivity contribution in [3.05, 3.63) is 58.5 Å². The van der Waals surface area contributed by atoms with Gasteiger partial charge in [-0.1, -0.05) is 12.1 Å². The first-order valence-corrected chi connectivity index (χ1v) is 9.93. The number of benzene rings is 2. The van der Waals surface area contributed by atoms with Gasteiger partial charge in [0.1, 0.15) is 23.9 Å². The Bertz CT molecular complexity index is 1030. The lowest BCUT2D eigenvalue weighted by Crippen LogP contribution is -2.41. The van der Waals surface area contributed by atoms with Crippen molar-refractivity contribution in [3.63, 3.8) is 0 Å². The molecule has 2 aliphatic rings. The monoisotopic (exact) mass is 426 g/mol. The Morgan fingerprint density at radius 2 is 1.90 bits per heavy atom. The van der Waals surface area contributed by atoms with Crippen LogP contribution in [0.2, 0.25) is 0 Å². The molecule has 1 saturated heterocycles. The maximum atomic E-state index is 12.7. The molecule has 3 amide bonds. The maximum absolute atomic E-state index is 12.7. The van der Waals surface area contributed by atoms with Crippen LogP contribution in [-0.4, -0.2) is 48.9 Å². The number of carbonyl (C=O) groups is 3. The van der Waals surface area contributed by atoms with Gasteiger partial charge in [-0.15, -0.1) is 0 Å². The fourth-order valence-corrected chi connectivity index (χ4v) is 3.66. The molecule has 2 aromatic carbocycles. The highest BCUT2D eigenvalue weighted by molar-refractivity contribution is 8.18. The molecule has 0 atom stereocenters. The zero-order chi connectivity index (χ0) is 21.1. The Morgan fingerprint density at radius 3 is 2.60 bits per heavy atom. The summed E-state index contributed by atoms with van der Waals surface area (Å²) in [6.07, 6.45) is 1.64. The van der Waals surface area contributed by atoms with Gasteiger partial charge in [0, 0.05) is 0 Å². The summed E-state index contributed by atoms with van der Waals surface area (Å²) in [4.78, 5) is 37.4. The van der Waals surface area contributed by atoms with Gasteiger partial charge in [-0.25, -0.2) is 0 Å². The number of ether oxygens (including phenoxy) is 3. The van der Waals surface area contributed by atoms with Gasteiger partial charge >= 0.3 is 0 Å². The van der Waals surface area contributed by atoms with Crippen LogP contribution in [-0.2, 0) is 4.79 Å². The second kappa shape index (κ2) is 8.50. The van der Waals surface area contributed by atoms with Crippen molar-refractivity contribution in [3.8, 4) is 17.2 Å². The molecule has 4 rings (SSSR count). The van der Waals surface area contributed by atoms with Crippen molar-refractivity contribution in [2.24, 2.45) is 0 Å². The minimum Gasteiger partial charge on any atom is -0.497 e. The van der Waals surface area contributed by atoms with Crippen molar-refractivity contribution in [2.45, 2.75) is 0 Å². The summed E-state index contributed by atoms with van der Waals surface area (Å²) in [7, 11) is 1.55. The predicted octanol–water partition coefficient (Wildman–Crippen LogP) is 2.89. The number of hydrogen-bond donors (Lipinski definition) is 1. The SMILES string of the molecule is COc1ccc2c(c1)C(=O)N(CCOc1ccc(C=C3SC(=O)NC3=O)cc1)CO2. The molecule has 0 saturated carbocycles. The fourth-order valence-electron chi connectivity index (χ4n) is 2.98. The average Bonchev–Trinajstić information content (AvgIpc) is 3.07. The molecule has 1 N–H and O–H groups in total. The van der Waals surface area contributed by atoms with Gasteiger partial charge in [0.05, 0.1) is 24.1 Å². The van der Waals surface area contributed by atoms with E-state index in [9.17, 15) is 14.4 Å². The molecule has 0 radical (unpaired) electrons. The van der Waals surface area contributed by atoms with Crippen LogP contribution in [0.4, 0.5) is 4.79 Å². The van der Waals surface area contributed by atoms with E-state index in [2.05, 4.69) is 5.32 Å². The highest BCUT2D eigenvalue weighted by atomic mass is 32.2. The minimum absolute atomic E-state index is 0.136. The third-order valence-corrected chi connectivity index (χ3v) is 5.34. The number of imide groups is 1. The van der Waals surface area contributed by atoms with Gasteiger partial charge in [0.25, 0.3) is 17.1 Å². The zero-order valence-corrected chi connectivity index (χ0v) is 16.9. The van der Waals surface area contributed by atoms with Crippen LogP contribution in [0.1, 0.15) is 15.9 Å². The molecule has 0 bridgehead atoms. The van der Waals surface area contributed by atoms with Crippen LogP contribution in [0.3, 0.4) is 0 Å². The standard InChI is InChI=1S/C21H18N2O6S/c1-27-15-6-7-17-16(11-15)20(25)23(12-29-17)8-9-28-14-4-2-13(3-5-14)10-18-19(24)22-21(26)30-18/h2-7,10-11H,8-9,12H2,1H3,(H,22,24,26). The largest absolute Gasteiger partial charge is 0.497 e. The van der Waals surface area contributed by atoms with E-state index >= 15 is 0 Å². The summed E-state index contributed by atoms with van der Waals surface area (Å²) in [5.74, 6) is 1.24. The third kappa shape index (κ3) is 4.25. The van der Waals surface area contributed by atoms with Crippen LogP contribution in [0, 0.1) is 0 Å². The number of hydrogen-bond acceptors (Lipinski definition) is 7. The highest BCUT2D eigenvalue weighted by Gasteiger charge is 2.26. The summed E-state index contributed by atoms with van der Waals surface area (Å²) < 4.78 is 16.5. The summed E-state index contributed by atoms with van der Waals surface area (Å²) in [5.41, 5.74) is 1.24. The molecular formula is C21H18N2O6S. The second-order valence-electron chi connectivity index (χ2n) is 6.47. The number of rotatable bonds is 6. The average molecular weight is 426 g/mol. The molecule has 2 aromatic rings. The molecule has 0 unspecified atom stereocenters. The van der Waals surface area contributed by atoms with Crippen molar-refractivity contribution >= 4 is 34.9 Å². The van der Waals surface area contributed by atoms with Gasteiger partial charge in [0.15, 0.2) is 6.73 Å². The lowest BCUT2D eigenvalue weighted by atomic mass is 10.1. The van der Waals surface area contributed by atoms with Gasteiger partial charge in [-0.05, 0) is 53.7 Å². The predicted molar refractivity (Wildman–Crippen MR) is 111 cm³/mol. The molecule has 0 aromatic heterocycles. The molecule has 2 heterocycles. The molecule has 0 spiro atoms. The summed E-state index contributed by atoms with van der Waals surface area (Å²) in [5, 5.41) is 1.84. The van der Waals surface area contributed by atoms with Crippen LogP contribution in [0.25, 0.3) is 6.08 Å². The fraction of sp³-hybridized carbons (Fsp3) is 0.190. The second-order valence-corrected chi connectivity index (χ2v) is 7.49. The Labute approximate surface area is 176 Å². The molecule has 154 valence electrons. The molecule has 9 heteroatoms. The van der Waals surface area contributed by atoms with E-state index in [1.807, 2.05) is 0 Å². The Kier molecular flexibility index (Phi) is 5.62. The Morgan fingerprint density at radius 1 is 1.13 bits per heavy atom. The van der Waals surface area contributed by atoms with E-state index in [-0.39, 0.29) is 17.9 Å². The molecule has 8 nitrogen and oxygen atoms in total. The number of nitrogens with one attached hydrogen (secondary N) is 1. The molecular weight excluding hydrogens is 408 g/mol. The Hall–Kier alpha value is -3.46. The number of thioether (sulfide) groups is 1. The van der Waals surface area contributed by atoms with Gasteiger partial charge < -0.3 is 19.1 Å². The number of nitrogens with zero attached hydrogens (tertiary/aromatic N) is 1. The van der Waals surface area contributed by atoms with Gasteiger partial charge in [-0.3, -0.25) is 19.7 Å². The van der Waals surface area contributed by atoms with Crippen LogP contribution in [0.15, 0.2) is 47.4 Å². The zero-order valence-electron chi connectivity index (χ0n) is 16.0. The summed E-state index contributed by atoms with van der Waals surface area (Å²) in [6, 6.07) is 12.2. The number of fused-ring (bicyclic) bond motifs is 1. The first-order valence-electron chi connectivity index (χ1n) is 9.11. The molecule has 1 fully saturated rings. The first kappa shape index (κ1) is 19.8. The number of methoxy groups -OCH3 is 1. The van der Waals surface area contributed by atoms with Crippen molar-refractivity contribution in [2.75, 3.05) is 27.0 Å².